The number of para-hydroxylation sites is 1. The summed E-state index contributed by atoms with van der Waals surface area (Å²) >= 11 is 0. The van der Waals surface area contributed by atoms with Gasteiger partial charge in [-0.1, -0.05) is 12.1 Å². The van der Waals surface area contributed by atoms with Gasteiger partial charge in [0.1, 0.15) is 17.6 Å². The van der Waals surface area contributed by atoms with E-state index in [9.17, 15) is 4.79 Å². The van der Waals surface area contributed by atoms with Crippen molar-refractivity contribution in [3.05, 3.63) is 47.5 Å². The van der Waals surface area contributed by atoms with E-state index >= 15 is 0 Å². The van der Waals surface area contributed by atoms with E-state index in [4.69, 9.17) is 9.47 Å². The molecular weight excluding hydrogens is 282 g/mol. The number of rotatable bonds is 3. The highest BCUT2D eigenvalue weighted by Crippen LogP contribution is 2.27. The maximum atomic E-state index is 12.9. The van der Waals surface area contributed by atoms with Gasteiger partial charge >= 0.3 is 0 Å². The van der Waals surface area contributed by atoms with Gasteiger partial charge in [0.05, 0.1) is 25.9 Å². The topological polar surface area (TPSA) is 67.4 Å². The van der Waals surface area contributed by atoms with Crippen LogP contribution in [0.1, 0.15) is 27.9 Å². The van der Waals surface area contributed by atoms with Crippen molar-refractivity contribution < 1.29 is 14.3 Å². The van der Waals surface area contributed by atoms with E-state index in [2.05, 4.69) is 9.97 Å². The summed E-state index contributed by atoms with van der Waals surface area (Å²) in [5.41, 5.74) is 1.52. The van der Waals surface area contributed by atoms with Gasteiger partial charge in [0, 0.05) is 18.4 Å². The van der Waals surface area contributed by atoms with Crippen LogP contribution < -0.4 is 4.74 Å². The number of aromatic nitrogens is 2. The fourth-order valence-corrected chi connectivity index (χ4v) is 2.65. The Bertz CT molecular complexity index is 668. The normalized spacial score (nSPS) is 18.3. The lowest BCUT2D eigenvalue weighted by atomic mass is 10.1. The van der Waals surface area contributed by atoms with Crippen molar-refractivity contribution in [2.75, 3.05) is 26.9 Å². The Morgan fingerprint density at radius 3 is 3.00 bits per heavy atom. The lowest BCUT2D eigenvalue weighted by Crippen LogP contribution is -2.44. The number of nitrogens with zero attached hydrogens (tertiary/aromatic N) is 2. The van der Waals surface area contributed by atoms with Gasteiger partial charge in [0.15, 0.2) is 0 Å². The molecule has 1 aliphatic heterocycles. The largest absolute Gasteiger partial charge is 0.496 e. The number of hydrogen-bond acceptors (Lipinski definition) is 4. The van der Waals surface area contributed by atoms with Crippen molar-refractivity contribution in [2.45, 2.75) is 13.0 Å². The molecule has 22 heavy (non-hydrogen) atoms. The van der Waals surface area contributed by atoms with Crippen molar-refractivity contribution in [3.63, 3.8) is 0 Å². The minimum absolute atomic E-state index is 0.0696. The smallest absolute Gasteiger partial charge is 0.258 e. The van der Waals surface area contributed by atoms with Crippen LogP contribution in [-0.2, 0) is 4.74 Å². The molecule has 0 aliphatic carbocycles. The fourth-order valence-electron chi connectivity index (χ4n) is 2.65. The summed E-state index contributed by atoms with van der Waals surface area (Å²) < 4.78 is 10.8. The number of hydrogen-bond donors (Lipinski definition) is 1. The zero-order valence-electron chi connectivity index (χ0n) is 12.7. The highest BCUT2D eigenvalue weighted by Gasteiger charge is 2.32. The molecule has 6 heteroatoms. The lowest BCUT2D eigenvalue weighted by molar-refractivity contribution is -0.00515. The molecule has 0 saturated carbocycles. The number of H-pyrrole nitrogens is 1. The molecule has 1 aromatic heterocycles. The maximum absolute atomic E-state index is 12.9. The van der Waals surface area contributed by atoms with Gasteiger partial charge in [-0.05, 0) is 19.1 Å². The molecule has 1 N–H and O–H groups in total. The number of methoxy groups -OCH3 is 1. The standard InChI is InChI=1S/C16H19N3O3/c1-11-9-17-15(18-11)13-10-22-8-7-19(13)16(20)12-5-3-4-6-14(12)21-2/h3-6,9,13H,7-8,10H2,1-2H3,(H,17,18). The van der Waals surface area contributed by atoms with Crippen LogP contribution >= 0.6 is 0 Å². The molecule has 2 heterocycles. The average Bonchev–Trinajstić information content (AvgIpc) is 3.00. The van der Waals surface area contributed by atoms with Crippen molar-refractivity contribution in [2.24, 2.45) is 0 Å². The quantitative estimate of drug-likeness (QED) is 0.941. The minimum atomic E-state index is -0.208. The second-order valence-electron chi connectivity index (χ2n) is 5.24. The number of ether oxygens (including phenoxy) is 2. The molecule has 0 radical (unpaired) electrons. The van der Waals surface area contributed by atoms with E-state index in [1.54, 1.807) is 30.3 Å². The van der Waals surface area contributed by atoms with Crippen molar-refractivity contribution in [3.8, 4) is 5.75 Å². The lowest BCUT2D eigenvalue weighted by Gasteiger charge is -2.34. The van der Waals surface area contributed by atoms with E-state index in [1.807, 2.05) is 19.1 Å². The maximum Gasteiger partial charge on any atom is 0.258 e. The van der Waals surface area contributed by atoms with Gasteiger partial charge in [-0.25, -0.2) is 4.98 Å². The van der Waals surface area contributed by atoms with Crippen LogP contribution in [0.4, 0.5) is 0 Å². The summed E-state index contributed by atoms with van der Waals surface area (Å²) in [6.45, 7) is 3.43. The molecule has 1 unspecified atom stereocenters. The first-order valence-electron chi connectivity index (χ1n) is 7.24. The van der Waals surface area contributed by atoms with Gasteiger partial charge in [0.25, 0.3) is 5.91 Å². The van der Waals surface area contributed by atoms with E-state index in [0.717, 1.165) is 11.5 Å². The molecule has 6 nitrogen and oxygen atoms in total. The SMILES string of the molecule is COc1ccccc1C(=O)N1CCOCC1c1ncc(C)[nH]1. The molecule has 2 aromatic rings. The van der Waals surface area contributed by atoms with E-state index in [1.165, 1.54) is 0 Å². The van der Waals surface area contributed by atoms with Crippen molar-refractivity contribution in [1.29, 1.82) is 0 Å². The zero-order valence-corrected chi connectivity index (χ0v) is 12.7. The Hall–Kier alpha value is -2.34. The predicted octanol–water partition coefficient (Wildman–Crippen LogP) is 1.94. The van der Waals surface area contributed by atoms with Gasteiger partial charge in [-0.15, -0.1) is 0 Å². The van der Waals surface area contributed by atoms with E-state index in [0.29, 0.717) is 31.1 Å². The third-order valence-corrected chi connectivity index (χ3v) is 3.76. The van der Waals surface area contributed by atoms with Gasteiger partial charge < -0.3 is 19.4 Å². The highest BCUT2D eigenvalue weighted by atomic mass is 16.5. The summed E-state index contributed by atoms with van der Waals surface area (Å²) in [4.78, 5) is 22.3. The Kier molecular flexibility index (Phi) is 4.11. The van der Waals surface area contributed by atoms with Crippen LogP contribution in [0.3, 0.4) is 0 Å². The molecule has 0 bridgehead atoms. The third kappa shape index (κ3) is 2.69. The third-order valence-electron chi connectivity index (χ3n) is 3.76. The van der Waals surface area contributed by atoms with Crippen LogP contribution in [0.15, 0.2) is 30.5 Å². The molecule has 1 fully saturated rings. The molecule has 1 aromatic carbocycles. The Labute approximate surface area is 129 Å². The number of aromatic amines is 1. The number of benzene rings is 1. The van der Waals surface area contributed by atoms with Crippen molar-refractivity contribution in [1.82, 2.24) is 14.9 Å². The molecule has 1 atom stereocenters. The first-order valence-corrected chi connectivity index (χ1v) is 7.24. The van der Waals surface area contributed by atoms with Crippen molar-refractivity contribution >= 4 is 5.91 Å². The van der Waals surface area contributed by atoms with Crippen LogP contribution in [0.25, 0.3) is 0 Å². The summed E-state index contributed by atoms with van der Waals surface area (Å²) in [6.07, 6.45) is 1.76. The number of carbonyl (C=O) groups is 1. The molecule has 1 aliphatic rings. The number of imidazole rings is 1. The summed E-state index contributed by atoms with van der Waals surface area (Å²) in [6, 6.07) is 7.05. The number of morpholine rings is 1. The number of amides is 1. The molecular formula is C16H19N3O3. The summed E-state index contributed by atoms with van der Waals surface area (Å²) in [5.74, 6) is 1.26. The zero-order chi connectivity index (χ0) is 15.5. The minimum Gasteiger partial charge on any atom is -0.496 e. The Morgan fingerprint density at radius 1 is 1.45 bits per heavy atom. The number of nitrogens with one attached hydrogen (secondary N) is 1. The first-order chi connectivity index (χ1) is 10.7. The van der Waals surface area contributed by atoms with Crippen LogP contribution in [0.5, 0.6) is 5.75 Å². The molecule has 0 spiro atoms. The molecule has 116 valence electrons. The highest BCUT2D eigenvalue weighted by molar-refractivity contribution is 5.97. The number of carbonyl (C=O) groups excluding carboxylic acids is 1. The van der Waals surface area contributed by atoms with Gasteiger partial charge in [0.2, 0.25) is 0 Å². The summed E-state index contributed by atoms with van der Waals surface area (Å²) in [7, 11) is 1.57. The second-order valence-corrected chi connectivity index (χ2v) is 5.24. The Balaban J connectivity index is 1.91. The van der Waals surface area contributed by atoms with Crippen LogP contribution in [0, 0.1) is 6.92 Å². The van der Waals surface area contributed by atoms with Crippen LogP contribution in [0.2, 0.25) is 0 Å². The summed E-state index contributed by atoms with van der Waals surface area (Å²) in [5, 5.41) is 0. The molecule has 1 saturated heterocycles. The van der Waals surface area contributed by atoms with Gasteiger partial charge in [-0.3, -0.25) is 4.79 Å². The number of aryl methyl sites for hydroxylation is 1. The van der Waals surface area contributed by atoms with Gasteiger partial charge in [-0.2, -0.15) is 0 Å². The predicted molar refractivity (Wildman–Crippen MR) is 80.9 cm³/mol. The molecule has 3 rings (SSSR count). The average molecular weight is 301 g/mol. The van der Waals surface area contributed by atoms with E-state index in [-0.39, 0.29) is 11.9 Å². The Morgan fingerprint density at radius 2 is 2.27 bits per heavy atom. The first kappa shape index (κ1) is 14.6. The van der Waals surface area contributed by atoms with E-state index < -0.39 is 0 Å². The monoisotopic (exact) mass is 301 g/mol. The molecule has 1 amide bonds. The van der Waals surface area contributed by atoms with Crippen LogP contribution in [-0.4, -0.2) is 47.6 Å². The second kappa shape index (κ2) is 6.19. The fraction of sp³-hybridized carbons (Fsp3) is 0.375.